The van der Waals surface area contributed by atoms with Crippen LogP contribution in [0.3, 0.4) is 0 Å². The first-order valence-corrected chi connectivity index (χ1v) is 8.72. The molecule has 3 aromatic rings. The summed E-state index contributed by atoms with van der Waals surface area (Å²) in [6, 6.07) is 0.654. The maximum Gasteiger partial charge on any atom is 0.417 e. The van der Waals surface area contributed by atoms with E-state index < -0.39 is 22.7 Å². The van der Waals surface area contributed by atoms with Crippen LogP contribution in [-0.2, 0) is 13.2 Å². The van der Waals surface area contributed by atoms with Gasteiger partial charge in [-0.3, -0.25) is 19.0 Å². The normalized spacial score (nSPS) is 13.3. The molecular weight excluding hydrogens is 379 g/mol. The molecule has 0 saturated heterocycles. The van der Waals surface area contributed by atoms with Gasteiger partial charge in [-0.25, -0.2) is 4.98 Å². The van der Waals surface area contributed by atoms with Gasteiger partial charge in [-0.05, 0) is 38.6 Å². The molecule has 0 unspecified atom stereocenters. The molecule has 0 aliphatic carbocycles. The van der Waals surface area contributed by atoms with Gasteiger partial charge in [0.2, 0.25) is 0 Å². The molecule has 0 bridgehead atoms. The fraction of sp³-hybridized carbons (Fsp3) is 0.412. The number of pyridine rings is 1. The molecule has 3 aromatic heterocycles. The van der Waals surface area contributed by atoms with E-state index in [0.29, 0.717) is 17.7 Å². The van der Waals surface area contributed by atoms with Gasteiger partial charge in [0.25, 0.3) is 5.56 Å². The van der Waals surface area contributed by atoms with Crippen molar-refractivity contribution in [1.29, 1.82) is 0 Å². The minimum absolute atomic E-state index is 0.0440. The molecule has 144 valence electrons. The zero-order valence-electron chi connectivity index (χ0n) is 15.2. The van der Waals surface area contributed by atoms with Crippen molar-refractivity contribution in [2.45, 2.75) is 39.4 Å². The maximum absolute atomic E-state index is 13.8. The van der Waals surface area contributed by atoms with Crippen LogP contribution in [0.2, 0.25) is 0 Å². The molecule has 0 aliphatic rings. The third kappa shape index (κ3) is 3.18. The highest BCUT2D eigenvalue weighted by molar-refractivity contribution is 7.71. The van der Waals surface area contributed by atoms with Crippen molar-refractivity contribution >= 4 is 23.3 Å². The molecule has 6 nitrogen and oxygen atoms in total. The van der Waals surface area contributed by atoms with Gasteiger partial charge in [0.15, 0.2) is 4.77 Å². The van der Waals surface area contributed by atoms with Crippen molar-refractivity contribution in [2.24, 2.45) is 7.05 Å². The van der Waals surface area contributed by atoms with Crippen LogP contribution >= 0.6 is 12.2 Å². The zero-order valence-corrected chi connectivity index (χ0v) is 16.0. The van der Waals surface area contributed by atoms with Crippen molar-refractivity contribution in [3.8, 4) is 11.3 Å². The van der Waals surface area contributed by atoms with Gasteiger partial charge in [-0.2, -0.15) is 18.3 Å². The van der Waals surface area contributed by atoms with Gasteiger partial charge in [0.05, 0.1) is 22.8 Å². The summed E-state index contributed by atoms with van der Waals surface area (Å²) in [5, 5.41) is 3.56. The fourth-order valence-electron chi connectivity index (χ4n) is 2.95. The van der Waals surface area contributed by atoms with Gasteiger partial charge < -0.3 is 0 Å². The molecule has 27 heavy (non-hydrogen) atoms. The number of nitrogens with one attached hydrogen (secondary N) is 1. The minimum Gasteiger partial charge on any atom is -0.300 e. The maximum atomic E-state index is 13.8. The molecule has 0 amide bonds. The van der Waals surface area contributed by atoms with Gasteiger partial charge in [-0.15, -0.1) is 0 Å². The lowest BCUT2D eigenvalue weighted by Crippen LogP contribution is -2.22. The third-order valence-corrected chi connectivity index (χ3v) is 5.04. The Hall–Kier alpha value is -2.49. The first-order valence-electron chi connectivity index (χ1n) is 8.32. The number of rotatable bonds is 3. The number of hydrogen-bond donors (Lipinski definition) is 1. The van der Waals surface area contributed by atoms with Crippen LogP contribution in [0.5, 0.6) is 0 Å². The predicted molar refractivity (Wildman–Crippen MR) is 98.1 cm³/mol. The highest BCUT2D eigenvalue weighted by Gasteiger charge is 2.36. The molecule has 10 heteroatoms. The van der Waals surface area contributed by atoms with Crippen molar-refractivity contribution in [2.75, 3.05) is 0 Å². The molecule has 3 rings (SSSR count). The third-order valence-electron chi connectivity index (χ3n) is 4.74. The molecule has 0 spiro atoms. The highest BCUT2D eigenvalue weighted by atomic mass is 32.1. The number of halogens is 3. The van der Waals surface area contributed by atoms with Crippen LogP contribution in [0.25, 0.3) is 22.3 Å². The molecule has 0 fully saturated rings. The standard InChI is InChI=1S/C17H18F3N5OS/c1-5-8(2)25-14-13(15(26)23-16(25)27)11(17(18,19)20)6-12(22-14)10-7-21-24(4)9(10)3/h6-8H,5H2,1-4H3,(H,23,26,27)/t8-/m1/s1. The number of nitrogens with zero attached hydrogens (tertiary/aromatic N) is 4. The fourth-order valence-corrected chi connectivity index (χ4v) is 3.31. The van der Waals surface area contributed by atoms with E-state index in [1.165, 1.54) is 10.8 Å². The Bertz CT molecular complexity index is 1140. The quantitative estimate of drug-likeness (QED) is 0.674. The molecule has 1 atom stereocenters. The van der Waals surface area contributed by atoms with Gasteiger partial charge in [0.1, 0.15) is 5.65 Å². The number of aryl methyl sites for hydroxylation is 1. The molecule has 3 heterocycles. The van der Waals surface area contributed by atoms with E-state index in [-0.39, 0.29) is 22.2 Å². The summed E-state index contributed by atoms with van der Waals surface area (Å²) in [6.07, 6.45) is -2.66. The monoisotopic (exact) mass is 397 g/mol. The number of H-pyrrole nitrogens is 1. The van der Waals surface area contributed by atoms with Crippen LogP contribution in [0.1, 0.15) is 37.6 Å². The molecule has 0 saturated carbocycles. The largest absolute Gasteiger partial charge is 0.417 e. The van der Waals surface area contributed by atoms with Crippen molar-refractivity contribution in [1.82, 2.24) is 24.3 Å². The Morgan fingerprint density at radius 1 is 1.37 bits per heavy atom. The number of aromatic nitrogens is 5. The van der Waals surface area contributed by atoms with E-state index in [1.54, 1.807) is 18.7 Å². The predicted octanol–water partition coefficient (Wildman–Crippen LogP) is 4.15. The van der Waals surface area contributed by atoms with Gasteiger partial charge >= 0.3 is 6.18 Å². The topological polar surface area (TPSA) is 68.5 Å². The van der Waals surface area contributed by atoms with Gasteiger partial charge in [0, 0.05) is 24.3 Å². The molecule has 1 N–H and O–H groups in total. The Morgan fingerprint density at radius 3 is 2.56 bits per heavy atom. The van der Waals surface area contributed by atoms with Crippen LogP contribution in [-0.4, -0.2) is 24.3 Å². The minimum atomic E-state index is -4.73. The van der Waals surface area contributed by atoms with Crippen LogP contribution in [0.15, 0.2) is 17.1 Å². The number of aromatic amines is 1. The smallest absolute Gasteiger partial charge is 0.300 e. The number of hydrogen-bond acceptors (Lipinski definition) is 4. The summed E-state index contributed by atoms with van der Waals surface area (Å²) in [4.78, 5) is 19.1. The summed E-state index contributed by atoms with van der Waals surface area (Å²) >= 11 is 5.21. The lowest BCUT2D eigenvalue weighted by atomic mass is 10.1. The Kier molecular flexibility index (Phi) is 4.71. The summed E-state index contributed by atoms with van der Waals surface area (Å²) in [6.45, 7) is 5.42. The van der Waals surface area contributed by atoms with Crippen molar-refractivity contribution in [3.05, 3.63) is 38.6 Å². The summed E-state index contributed by atoms with van der Waals surface area (Å²) < 4.78 is 44.4. The van der Waals surface area contributed by atoms with Crippen molar-refractivity contribution in [3.63, 3.8) is 0 Å². The van der Waals surface area contributed by atoms with Gasteiger partial charge in [-0.1, -0.05) is 6.92 Å². The SMILES string of the molecule is CC[C@@H](C)n1c(=S)[nH]c(=O)c2c(C(F)(F)F)cc(-c3cnn(C)c3C)nc21. The van der Waals surface area contributed by atoms with E-state index in [9.17, 15) is 18.0 Å². The van der Waals surface area contributed by atoms with E-state index in [4.69, 9.17) is 12.2 Å². The first-order chi connectivity index (χ1) is 12.6. The van der Waals surface area contributed by atoms with Crippen molar-refractivity contribution < 1.29 is 13.2 Å². The Balaban J connectivity index is 2.54. The summed E-state index contributed by atoms with van der Waals surface area (Å²) in [5.41, 5.74) is -0.799. The molecule has 0 aromatic carbocycles. The average molecular weight is 397 g/mol. The number of alkyl halides is 3. The summed E-state index contributed by atoms with van der Waals surface area (Å²) in [5.74, 6) is 0. The first kappa shape index (κ1) is 19.3. The second kappa shape index (κ2) is 6.59. The molecule has 0 aliphatic heterocycles. The Labute approximate surface area is 157 Å². The zero-order chi connectivity index (χ0) is 20.1. The second-order valence-corrected chi connectivity index (χ2v) is 6.79. The lowest BCUT2D eigenvalue weighted by Gasteiger charge is -2.19. The highest BCUT2D eigenvalue weighted by Crippen LogP contribution is 2.36. The number of fused-ring (bicyclic) bond motifs is 1. The van der Waals surface area contributed by atoms with E-state index in [2.05, 4.69) is 15.1 Å². The average Bonchev–Trinajstić information content (AvgIpc) is 2.91. The van der Waals surface area contributed by atoms with E-state index in [0.717, 1.165) is 6.07 Å². The molecular formula is C17H18F3N5OS. The van der Waals surface area contributed by atoms with E-state index >= 15 is 0 Å². The molecule has 0 radical (unpaired) electrons. The second-order valence-electron chi connectivity index (χ2n) is 6.41. The Morgan fingerprint density at radius 2 is 2.04 bits per heavy atom. The van der Waals surface area contributed by atoms with Crippen LogP contribution in [0, 0.1) is 11.7 Å². The summed E-state index contributed by atoms with van der Waals surface area (Å²) in [7, 11) is 1.69. The van der Waals surface area contributed by atoms with Crippen LogP contribution in [0.4, 0.5) is 13.2 Å². The lowest BCUT2D eigenvalue weighted by molar-refractivity contribution is -0.136. The van der Waals surface area contributed by atoms with E-state index in [1.807, 2.05) is 13.8 Å². The van der Waals surface area contributed by atoms with Crippen LogP contribution < -0.4 is 5.56 Å².